The van der Waals surface area contributed by atoms with Gasteiger partial charge in [0.05, 0.1) is 13.2 Å². The molecule has 0 saturated carbocycles. The van der Waals surface area contributed by atoms with Gasteiger partial charge in [-0.15, -0.1) is 11.3 Å². The zero-order valence-corrected chi connectivity index (χ0v) is 16.5. The maximum Gasteiger partial charge on any atom is 0.285 e. The number of nitrogens with zero attached hydrogens (tertiary/aromatic N) is 2. The second-order valence-corrected chi connectivity index (χ2v) is 7.38. The summed E-state index contributed by atoms with van der Waals surface area (Å²) in [5.41, 5.74) is 5.06. The molecular weight excluding hydrogens is 393 g/mol. The highest BCUT2D eigenvalue weighted by atomic mass is 32.1. The SMILES string of the molecule is O=C(NN1CCOCC1)c1csc(-c2ccc(OCc3ccc(F)cc3)cc2)n1. The third kappa shape index (κ3) is 5.17. The van der Waals surface area contributed by atoms with Crippen LogP contribution >= 0.6 is 11.3 Å². The van der Waals surface area contributed by atoms with Crippen LogP contribution in [0, 0.1) is 5.82 Å². The number of carbonyl (C=O) groups excluding carboxylic acids is 1. The van der Waals surface area contributed by atoms with Crippen molar-refractivity contribution in [3.63, 3.8) is 0 Å². The lowest BCUT2D eigenvalue weighted by Gasteiger charge is -2.26. The molecule has 1 aliphatic rings. The number of hydrogen-bond donors (Lipinski definition) is 1. The van der Waals surface area contributed by atoms with Gasteiger partial charge in [-0.25, -0.2) is 14.4 Å². The summed E-state index contributed by atoms with van der Waals surface area (Å²) >= 11 is 1.42. The molecule has 0 radical (unpaired) electrons. The highest BCUT2D eigenvalue weighted by Crippen LogP contribution is 2.26. The Bertz CT molecular complexity index is 954. The van der Waals surface area contributed by atoms with Crippen molar-refractivity contribution in [1.29, 1.82) is 0 Å². The number of aromatic nitrogens is 1. The van der Waals surface area contributed by atoms with Crippen molar-refractivity contribution in [2.24, 2.45) is 0 Å². The lowest BCUT2D eigenvalue weighted by Crippen LogP contribution is -2.48. The normalized spacial score (nSPS) is 14.5. The van der Waals surface area contributed by atoms with E-state index in [-0.39, 0.29) is 11.7 Å². The minimum atomic E-state index is -0.264. The number of ether oxygens (including phenoxy) is 2. The van der Waals surface area contributed by atoms with Gasteiger partial charge in [0, 0.05) is 24.0 Å². The molecular formula is C21H20FN3O3S. The van der Waals surface area contributed by atoms with E-state index >= 15 is 0 Å². The van der Waals surface area contributed by atoms with Gasteiger partial charge in [-0.05, 0) is 42.0 Å². The van der Waals surface area contributed by atoms with E-state index in [4.69, 9.17) is 9.47 Å². The fourth-order valence-electron chi connectivity index (χ4n) is 2.83. The average Bonchev–Trinajstić information content (AvgIpc) is 3.25. The van der Waals surface area contributed by atoms with Crippen LogP contribution < -0.4 is 10.2 Å². The van der Waals surface area contributed by atoms with E-state index in [1.54, 1.807) is 17.5 Å². The van der Waals surface area contributed by atoms with Gasteiger partial charge in [0.2, 0.25) is 0 Å². The molecule has 0 spiro atoms. The predicted molar refractivity (Wildman–Crippen MR) is 108 cm³/mol. The third-order valence-corrected chi connectivity index (χ3v) is 5.32. The minimum absolute atomic E-state index is 0.214. The standard InChI is InChI=1S/C21H20FN3O3S/c22-17-5-1-15(2-6-17)13-28-18-7-3-16(4-8-18)21-23-19(14-29-21)20(26)24-25-9-11-27-12-10-25/h1-8,14H,9-13H2,(H,24,26). The Morgan fingerprint density at radius 1 is 1.14 bits per heavy atom. The summed E-state index contributed by atoms with van der Waals surface area (Å²) in [6.07, 6.45) is 0. The number of amides is 1. The predicted octanol–water partition coefficient (Wildman–Crippen LogP) is 3.51. The molecule has 2 heterocycles. The molecule has 0 unspecified atom stereocenters. The van der Waals surface area contributed by atoms with Crippen LogP contribution in [0.3, 0.4) is 0 Å². The number of morpholine rings is 1. The highest BCUT2D eigenvalue weighted by Gasteiger charge is 2.17. The molecule has 1 amide bonds. The molecule has 2 aromatic carbocycles. The molecule has 1 N–H and O–H groups in total. The van der Waals surface area contributed by atoms with Gasteiger partial charge in [0.1, 0.15) is 28.9 Å². The number of thiazole rings is 1. The monoisotopic (exact) mass is 413 g/mol. The molecule has 0 atom stereocenters. The van der Waals surface area contributed by atoms with Crippen LogP contribution in [0.5, 0.6) is 5.75 Å². The van der Waals surface area contributed by atoms with Crippen LogP contribution in [0.4, 0.5) is 4.39 Å². The fraction of sp³-hybridized carbons (Fsp3) is 0.238. The number of carbonyl (C=O) groups is 1. The Morgan fingerprint density at radius 3 is 2.59 bits per heavy atom. The van der Waals surface area contributed by atoms with Crippen LogP contribution in [-0.2, 0) is 11.3 Å². The van der Waals surface area contributed by atoms with Gasteiger partial charge in [-0.2, -0.15) is 0 Å². The first-order chi connectivity index (χ1) is 14.2. The zero-order valence-electron chi connectivity index (χ0n) is 15.6. The first-order valence-corrected chi connectivity index (χ1v) is 10.1. The van der Waals surface area contributed by atoms with Gasteiger partial charge in [-0.1, -0.05) is 12.1 Å². The van der Waals surface area contributed by atoms with E-state index in [1.165, 1.54) is 23.5 Å². The topological polar surface area (TPSA) is 63.7 Å². The Balaban J connectivity index is 1.35. The Morgan fingerprint density at radius 2 is 1.86 bits per heavy atom. The number of nitrogens with one attached hydrogen (secondary N) is 1. The molecule has 0 aliphatic carbocycles. The maximum absolute atomic E-state index is 12.9. The largest absolute Gasteiger partial charge is 0.489 e. The molecule has 0 bridgehead atoms. The summed E-state index contributed by atoms with van der Waals surface area (Å²) in [6, 6.07) is 13.7. The lowest BCUT2D eigenvalue weighted by molar-refractivity contribution is 0.0125. The van der Waals surface area contributed by atoms with Crippen molar-refractivity contribution >= 4 is 17.2 Å². The molecule has 4 rings (SSSR count). The number of benzene rings is 2. The van der Waals surface area contributed by atoms with Crippen LogP contribution in [0.15, 0.2) is 53.9 Å². The van der Waals surface area contributed by atoms with E-state index in [0.29, 0.717) is 44.4 Å². The van der Waals surface area contributed by atoms with Crippen LogP contribution in [0.25, 0.3) is 10.6 Å². The van der Waals surface area contributed by atoms with Gasteiger partial charge in [0.15, 0.2) is 0 Å². The number of halogens is 1. The zero-order chi connectivity index (χ0) is 20.1. The average molecular weight is 413 g/mol. The van der Waals surface area contributed by atoms with E-state index < -0.39 is 0 Å². The molecule has 150 valence electrons. The Kier molecular flexibility index (Phi) is 6.14. The first-order valence-electron chi connectivity index (χ1n) is 9.24. The Labute approximate surface area is 171 Å². The first kappa shape index (κ1) is 19.5. The lowest BCUT2D eigenvalue weighted by atomic mass is 10.2. The van der Waals surface area contributed by atoms with E-state index in [9.17, 15) is 9.18 Å². The van der Waals surface area contributed by atoms with Gasteiger partial charge < -0.3 is 9.47 Å². The second-order valence-electron chi connectivity index (χ2n) is 6.52. The summed E-state index contributed by atoms with van der Waals surface area (Å²) in [5, 5.41) is 4.37. The summed E-state index contributed by atoms with van der Waals surface area (Å²) in [6.45, 7) is 2.92. The van der Waals surface area contributed by atoms with Gasteiger partial charge >= 0.3 is 0 Å². The maximum atomic E-state index is 12.9. The van der Waals surface area contributed by atoms with Crippen molar-refractivity contribution in [3.8, 4) is 16.3 Å². The van der Waals surface area contributed by atoms with Crippen molar-refractivity contribution in [1.82, 2.24) is 15.4 Å². The van der Waals surface area contributed by atoms with Crippen molar-refractivity contribution in [2.45, 2.75) is 6.61 Å². The number of hydrazine groups is 1. The van der Waals surface area contributed by atoms with Gasteiger partial charge in [-0.3, -0.25) is 10.2 Å². The van der Waals surface area contributed by atoms with Crippen LogP contribution in [0.2, 0.25) is 0 Å². The van der Waals surface area contributed by atoms with E-state index in [0.717, 1.165) is 16.1 Å². The molecule has 6 nitrogen and oxygen atoms in total. The summed E-state index contributed by atoms with van der Waals surface area (Å²) in [5.74, 6) is 0.230. The molecule has 1 saturated heterocycles. The summed E-state index contributed by atoms with van der Waals surface area (Å²) in [7, 11) is 0. The van der Waals surface area contributed by atoms with Gasteiger partial charge in [0.25, 0.3) is 5.91 Å². The van der Waals surface area contributed by atoms with Crippen LogP contribution in [0.1, 0.15) is 16.1 Å². The molecule has 29 heavy (non-hydrogen) atoms. The van der Waals surface area contributed by atoms with E-state index in [1.807, 2.05) is 29.3 Å². The quantitative estimate of drug-likeness (QED) is 0.670. The van der Waals surface area contributed by atoms with Crippen molar-refractivity contribution in [2.75, 3.05) is 26.3 Å². The van der Waals surface area contributed by atoms with Crippen LogP contribution in [-0.4, -0.2) is 42.2 Å². The highest BCUT2D eigenvalue weighted by molar-refractivity contribution is 7.13. The molecule has 1 aromatic heterocycles. The van der Waals surface area contributed by atoms with E-state index in [2.05, 4.69) is 10.4 Å². The molecule has 8 heteroatoms. The number of hydrogen-bond acceptors (Lipinski definition) is 6. The smallest absolute Gasteiger partial charge is 0.285 e. The Hall–Kier alpha value is -2.81. The van der Waals surface area contributed by atoms with Crippen molar-refractivity contribution < 1.29 is 18.7 Å². The third-order valence-electron chi connectivity index (χ3n) is 4.43. The second kappa shape index (κ2) is 9.13. The number of rotatable bonds is 6. The molecule has 1 fully saturated rings. The fourth-order valence-corrected chi connectivity index (χ4v) is 3.63. The molecule has 1 aliphatic heterocycles. The summed E-state index contributed by atoms with van der Waals surface area (Å²) in [4.78, 5) is 16.8. The van der Waals surface area contributed by atoms with Crippen molar-refractivity contribution in [3.05, 3.63) is 71.0 Å². The molecule has 3 aromatic rings. The minimum Gasteiger partial charge on any atom is -0.489 e. The summed E-state index contributed by atoms with van der Waals surface area (Å²) < 4.78 is 24.0.